The molecule has 0 saturated heterocycles. The first-order valence-corrected chi connectivity index (χ1v) is 9.69. The Balaban J connectivity index is 1.93. The van der Waals surface area contributed by atoms with Gasteiger partial charge in [0.1, 0.15) is 5.58 Å². The van der Waals surface area contributed by atoms with Gasteiger partial charge in [-0.2, -0.15) is 0 Å². The van der Waals surface area contributed by atoms with E-state index >= 15 is 0 Å². The van der Waals surface area contributed by atoms with E-state index < -0.39 is 6.04 Å². The maximum absolute atomic E-state index is 13.4. The van der Waals surface area contributed by atoms with Crippen LogP contribution in [0.4, 0.5) is 0 Å². The number of hydrogen-bond donors (Lipinski definition) is 0. The average Bonchev–Trinajstić information content (AvgIpc) is 3.03. The fraction of sp³-hybridized carbons (Fsp3) is 0.304. The maximum Gasteiger partial charge on any atom is 0.290 e. The summed E-state index contributed by atoms with van der Waals surface area (Å²) in [6.07, 6.45) is 0. The van der Waals surface area contributed by atoms with Crippen molar-refractivity contribution >= 4 is 16.9 Å². The summed E-state index contributed by atoms with van der Waals surface area (Å²) in [6, 6.07) is 11.9. The number of carbonyl (C=O) groups is 1. The van der Waals surface area contributed by atoms with Crippen LogP contribution in [0.2, 0.25) is 0 Å². The molecule has 1 aromatic heterocycles. The minimum Gasteiger partial charge on any atom is -0.493 e. The zero-order valence-corrected chi connectivity index (χ0v) is 17.5. The molecule has 0 unspecified atom stereocenters. The Bertz CT molecular complexity index is 1170. The third-order valence-corrected chi connectivity index (χ3v) is 5.38. The van der Waals surface area contributed by atoms with E-state index in [2.05, 4.69) is 0 Å². The lowest BCUT2D eigenvalue weighted by Gasteiger charge is -2.27. The minimum atomic E-state index is -0.562. The molecule has 2 aromatic carbocycles. The van der Waals surface area contributed by atoms with Crippen LogP contribution >= 0.6 is 0 Å². The molecule has 1 aliphatic heterocycles. The summed E-state index contributed by atoms with van der Waals surface area (Å²) in [4.78, 5) is 30.4. The maximum atomic E-state index is 13.4. The number of para-hydroxylation sites is 1. The van der Waals surface area contributed by atoms with E-state index in [1.165, 1.54) is 0 Å². The summed E-state index contributed by atoms with van der Waals surface area (Å²) in [6.45, 7) is 1.10. The topological polar surface area (TPSA) is 72.2 Å². The van der Waals surface area contributed by atoms with E-state index in [0.29, 0.717) is 41.1 Å². The molecule has 0 bridgehead atoms. The van der Waals surface area contributed by atoms with Crippen LogP contribution in [0.25, 0.3) is 11.0 Å². The van der Waals surface area contributed by atoms with Gasteiger partial charge in [-0.3, -0.25) is 9.59 Å². The van der Waals surface area contributed by atoms with Crippen molar-refractivity contribution in [3.8, 4) is 11.5 Å². The Morgan fingerprint density at radius 1 is 1.03 bits per heavy atom. The van der Waals surface area contributed by atoms with Crippen molar-refractivity contribution < 1.29 is 18.7 Å². The van der Waals surface area contributed by atoms with Gasteiger partial charge in [-0.05, 0) is 43.9 Å². The van der Waals surface area contributed by atoms with Gasteiger partial charge in [0, 0.05) is 13.1 Å². The molecule has 7 heteroatoms. The summed E-state index contributed by atoms with van der Waals surface area (Å²) < 4.78 is 16.7. The first kappa shape index (κ1) is 20.0. The van der Waals surface area contributed by atoms with Crippen molar-refractivity contribution in [3.63, 3.8) is 0 Å². The molecule has 156 valence electrons. The van der Waals surface area contributed by atoms with Gasteiger partial charge in [-0.1, -0.05) is 18.2 Å². The third-order valence-electron chi connectivity index (χ3n) is 5.38. The van der Waals surface area contributed by atoms with Crippen LogP contribution in [0.3, 0.4) is 0 Å². The number of rotatable bonds is 6. The molecule has 1 amide bonds. The highest BCUT2D eigenvalue weighted by Crippen LogP contribution is 2.40. The Morgan fingerprint density at radius 2 is 1.77 bits per heavy atom. The zero-order valence-electron chi connectivity index (χ0n) is 17.5. The number of likely N-dealkylation sites (N-methyl/N-ethyl adjacent to an activating group) is 1. The molecule has 4 rings (SSSR count). The van der Waals surface area contributed by atoms with Crippen LogP contribution in [-0.4, -0.2) is 57.1 Å². The number of benzene rings is 2. The zero-order chi connectivity index (χ0) is 21.4. The monoisotopic (exact) mass is 408 g/mol. The van der Waals surface area contributed by atoms with Crippen molar-refractivity contribution in [2.45, 2.75) is 6.04 Å². The van der Waals surface area contributed by atoms with Gasteiger partial charge in [-0.25, -0.2) is 0 Å². The molecule has 0 spiro atoms. The number of methoxy groups -OCH3 is 2. The number of carbonyl (C=O) groups excluding carboxylic acids is 1. The van der Waals surface area contributed by atoms with E-state index in [-0.39, 0.29) is 17.1 Å². The molecular weight excluding hydrogens is 384 g/mol. The summed E-state index contributed by atoms with van der Waals surface area (Å²) >= 11 is 0. The molecule has 7 nitrogen and oxygen atoms in total. The minimum absolute atomic E-state index is 0.109. The van der Waals surface area contributed by atoms with Crippen LogP contribution in [0.15, 0.2) is 51.7 Å². The standard InChI is InChI=1S/C23H24N2O5/c1-24(2)11-12-25-20(14-9-10-17(28-3)18(13-14)29-4)19-21(26)15-7-5-6-8-16(15)30-22(19)23(25)27/h5-10,13,20H,11-12H2,1-4H3/t20-/m0/s1. The van der Waals surface area contributed by atoms with Gasteiger partial charge >= 0.3 is 0 Å². The molecule has 0 fully saturated rings. The SMILES string of the molecule is COc1ccc([C@H]2c3c(oc4ccccc4c3=O)C(=O)N2CCN(C)C)cc1OC. The second kappa shape index (κ2) is 7.84. The summed E-state index contributed by atoms with van der Waals surface area (Å²) in [5, 5.41) is 0.462. The number of fused-ring (bicyclic) bond motifs is 2. The molecule has 0 N–H and O–H groups in total. The quantitative estimate of drug-likeness (QED) is 0.625. The van der Waals surface area contributed by atoms with Crippen LogP contribution in [0, 0.1) is 0 Å². The predicted molar refractivity (Wildman–Crippen MR) is 113 cm³/mol. The van der Waals surface area contributed by atoms with Crippen molar-refractivity contribution in [2.75, 3.05) is 41.4 Å². The van der Waals surface area contributed by atoms with Gasteiger partial charge in [0.25, 0.3) is 5.91 Å². The van der Waals surface area contributed by atoms with Gasteiger partial charge in [0.15, 0.2) is 16.9 Å². The molecule has 2 heterocycles. The highest BCUT2D eigenvalue weighted by molar-refractivity contribution is 5.99. The smallest absolute Gasteiger partial charge is 0.290 e. The molecule has 0 saturated carbocycles. The lowest BCUT2D eigenvalue weighted by molar-refractivity contribution is 0.0716. The van der Waals surface area contributed by atoms with Gasteiger partial charge in [-0.15, -0.1) is 0 Å². The molecule has 0 radical (unpaired) electrons. The van der Waals surface area contributed by atoms with Crippen molar-refractivity contribution in [2.24, 2.45) is 0 Å². The summed E-state index contributed by atoms with van der Waals surface area (Å²) in [5.74, 6) is 0.941. The normalized spacial score (nSPS) is 15.7. The van der Waals surface area contributed by atoms with Gasteiger partial charge in [0.05, 0.1) is 31.2 Å². The highest BCUT2D eigenvalue weighted by Gasteiger charge is 2.42. The first-order valence-electron chi connectivity index (χ1n) is 9.69. The van der Waals surface area contributed by atoms with E-state index in [1.807, 2.05) is 31.1 Å². The van der Waals surface area contributed by atoms with E-state index in [9.17, 15) is 9.59 Å². The van der Waals surface area contributed by atoms with Crippen molar-refractivity contribution in [1.82, 2.24) is 9.80 Å². The van der Waals surface area contributed by atoms with Crippen LogP contribution in [0.5, 0.6) is 11.5 Å². The average molecular weight is 408 g/mol. The third kappa shape index (κ3) is 3.21. The second-order valence-electron chi connectivity index (χ2n) is 7.49. The van der Waals surface area contributed by atoms with Crippen molar-refractivity contribution in [1.29, 1.82) is 0 Å². The molecule has 1 aliphatic rings. The van der Waals surface area contributed by atoms with Crippen LogP contribution in [-0.2, 0) is 0 Å². The van der Waals surface area contributed by atoms with Crippen molar-refractivity contribution in [3.05, 3.63) is 69.6 Å². The Kier molecular flexibility index (Phi) is 5.22. The predicted octanol–water partition coefficient (Wildman–Crippen LogP) is 2.92. The van der Waals surface area contributed by atoms with E-state index in [4.69, 9.17) is 13.9 Å². The first-order chi connectivity index (χ1) is 14.5. The lowest BCUT2D eigenvalue weighted by atomic mass is 9.98. The lowest BCUT2D eigenvalue weighted by Crippen LogP contribution is -2.35. The highest BCUT2D eigenvalue weighted by atomic mass is 16.5. The number of hydrogen-bond acceptors (Lipinski definition) is 6. The largest absolute Gasteiger partial charge is 0.493 e. The number of amides is 1. The summed E-state index contributed by atoms with van der Waals surface area (Å²) in [7, 11) is 7.00. The number of nitrogens with zero attached hydrogens (tertiary/aromatic N) is 2. The summed E-state index contributed by atoms with van der Waals surface area (Å²) in [5.41, 5.74) is 1.35. The van der Waals surface area contributed by atoms with E-state index in [0.717, 1.165) is 5.56 Å². The van der Waals surface area contributed by atoms with Gasteiger partial charge in [0.2, 0.25) is 5.76 Å². The van der Waals surface area contributed by atoms with Crippen LogP contribution in [0.1, 0.15) is 27.7 Å². The number of ether oxygens (including phenoxy) is 2. The Morgan fingerprint density at radius 3 is 2.47 bits per heavy atom. The molecule has 3 aromatic rings. The fourth-order valence-electron chi connectivity index (χ4n) is 3.87. The molecule has 0 aliphatic carbocycles. The molecule has 1 atom stereocenters. The Labute approximate surface area is 174 Å². The van der Waals surface area contributed by atoms with Gasteiger partial charge < -0.3 is 23.7 Å². The fourth-order valence-corrected chi connectivity index (χ4v) is 3.87. The van der Waals surface area contributed by atoms with Crippen LogP contribution < -0.4 is 14.9 Å². The Hall–Kier alpha value is -3.32. The molecule has 30 heavy (non-hydrogen) atoms. The van der Waals surface area contributed by atoms with E-state index in [1.54, 1.807) is 49.5 Å². The second-order valence-corrected chi connectivity index (χ2v) is 7.49. The molecular formula is C23H24N2O5.